The monoisotopic (exact) mass is 430 g/mol. The molecule has 134 valence electrons. The van der Waals surface area contributed by atoms with Crippen LogP contribution in [0.4, 0.5) is 0 Å². The van der Waals surface area contributed by atoms with Gasteiger partial charge in [-0.05, 0) is 47.9 Å². The summed E-state index contributed by atoms with van der Waals surface area (Å²) in [6.07, 6.45) is 2.28. The molecule has 3 rings (SSSR count). The van der Waals surface area contributed by atoms with Crippen LogP contribution in [-0.4, -0.2) is 13.4 Å². The fourth-order valence-corrected chi connectivity index (χ4v) is 4.69. The molecular weight excluding hydrogens is 412 g/mol. The van der Waals surface area contributed by atoms with Gasteiger partial charge < -0.3 is 0 Å². The number of aromatic nitrogens is 1. The zero-order chi connectivity index (χ0) is 18.6. The van der Waals surface area contributed by atoms with Gasteiger partial charge in [-0.25, -0.2) is 8.42 Å². The molecule has 6 heteroatoms. The molecule has 0 aliphatic rings. The second-order valence-corrected chi connectivity index (χ2v) is 8.42. The smallest absolute Gasteiger partial charge is 0.241 e. The van der Waals surface area contributed by atoms with Crippen molar-refractivity contribution < 1.29 is 8.42 Å². The van der Waals surface area contributed by atoms with Gasteiger partial charge in [0, 0.05) is 10.7 Å². The van der Waals surface area contributed by atoms with E-state index in [-0.39, 0.29) is 0 Å². The highest BCUT2D eigenvalue weighted by Crippen LogP contribution is 2.26. The maximum atomic E-state index is 13.1. The third kappa shape index (κ3) is 4.20. The van der Waals surface area contributed by atoms with Crippen LogP contribution >= 0.6 is 15.9 Å². The van der Waals surface area contributed by atoms with E-state index in [1.807, 2.05) is 61.5 Å². The lowest BCUT2D eigenvalue weighted by molar-refractivity contribution is 0.569. The molecule has 0 saturated heterocycles. The zero-order valence-electron chi connectivity index (χ0n) is 14.3. The van der Waals surface area contributed by atoms with Crippen LogP contribution < -0.4 is 4.72 Å². The fraction of sp³-hybridized carbons (Fsp3) is 0.150. The van der Waals surface area contributed by atoms with Gasteiger partial charge in [-0.15, -0.1) is 0 Å². The summed E-state index contributed by atoms with van der Waals surface area (Å²) in [5.74, 6) is 0. The van der Waals surface area contributed by atoms with E-state index in [4.69, 9.17) is 0 Å². The quantitative estimate of drug-likeness (QED) is 0.627. The van der Waals surface area contributed by atoms with Gasteiger partial charge in [0.2, 0.25) is 10.0 Å². The van der Waals surface area contributed by atoms with Crippen molar-refractivity contribution in [3.05, 3.63) is 94.2 Å². The van der Waals surface area contributed by atoms with E-state index < -0.39 is 16.1 Å². The first-order valence-corrected chi connectivity index (χ1v) is 10.6. The van der Waals surface area contributed by atoms with Crippen molar-refractivity contribution >= 4 is 26.0 Å². The Morgan fingerprint density at radius 3 is 2.42 bits per heavy atom. The molecule has 26 heavy (non-hydrogen) atoms. The van der Waals surface area contributed by atoms with E-state index in [0.29, 0.717) is 17.0 Å². The summed E-state index contributed by atoms with van der Waals surface area (Å²) in [6.45, 7) is 1.94. The molecule has 0 aliphatic heterocycles. The minimum Gasteiger partial charge on any atom is -0.259 e. The van der Waals surface area contributed by atoms with Gasteiger partial charge in [0.05, 0.1) is 16.6 Å². The number of nitrogens with one attached hydrogen (secondary N) is 1. The predicted octanol–water partition coefficient (Wildman–Crippen LogP) is 4.47. The van der Waals surface area contributed by atoms with Crippen molar-refractivity contribution in [2.24, 2.45) is 0 Å². The molecule has 2 aromatic carbocycles. The van der Waals surface area contributed by atoms with Crippen molar-refractivity contribution in [2.75, 3.05) is 0 Å². The number of nitrogens with zero attached hydrogens (tertiary/aromatic N) is 1. The van der Waals surface area contributed by atoms with E-state index in [1.54, 1.807) is 18.3 Å². The standard InChI is InChI=1S/C20H19BrN2O2S/c1-2-15-14-17(21)11-12-19(15)26(24,25)23-20(16-8-4-3-5-9-16)18-10-6-7-13-22-18/h3-14,20,23H,2H2,1H3. The van der Waals surface area contributed by atoms with Crippen LogP contribution in [0.2, 0.25) is 0 Å². The number of sulfonamides is 1. The largest absolute Gasteiger partial charge is 0.259 e. The number of hydrogen-bond acceptors (Lipinski definition) is 3. The first-order valence-electron chi connectivity index (χ1n) is 8.28. The lowest BCUT2D eigenvalue weighted by atomic mass is 10.0. The maximum Gasteiger partial charge on any atom is 0.241 e. The van der Waals surface area contributed by atoms with E-state index in [1.165, 1.54) is 0 Å². The molecule has 4 nitrogen and oxygen atoms in total. The van der Waals surface area contributed by atoms with E-state index in [2.05, 4.69) is 25.6 Å². The first kappa shape index (κ1) is 18.8. The Morgan fingerprint density at radius 1 is 1.04 bits per heavy atom. The fourth-order valence-electron chi connectivity index (χ4n) is 2.80. The molecule has 1 unspecified atom stereocenters. The van der Waals surface area contributed by atoms with Crippen molar-refractivity contribution in [2.45, 2.75) is 24.3 Å². The summed E-state index contributed by atoms with van der Waals surface area (Å²) in [4.78, 5) is 4.65. The van der Waals surface area contributed by atoms with Gasteiger partial charge >= 0.3 is 0 Å². The van der Waals surface area contributed by atoms with Crippen LogP contribution in [0.1, 0.15) is 29.8 Å². The van der Waals surface area contributed by atoms with Crippen LogP contribution in [0.3, 0.4) is 0 Å². The summed E-state index contributed by atoms with van der Waals surface area (Å²) >= 11 is 3.40. The first-order chi connectivity index (χ1) is 12.5. The molecule has 1 atom stereocenters. The molecule has 1 aromatic heterocycles. The number of hydrogen-bond donors (Lipinski definition) is 1. The van der Waals surface area contributed by atoms with Gasteiger partial charge in [0.15, 0.2) is 0 Å². The molecule has 3 aromatic rings. The Labute approximate surface area is 162 Å². The summed E-state index contributed by atoms with van der Waals surface area (Å²) in [5.41, 5.74) is 2.25. The average Bonchev–Trinajstić information content (AvgIpc) is 2.67. The Bertz CT molecular complexity index is 938. The predicted molar refractivity (Wildman–Crippen MR) is 106 cm³/mol. The third-order valence-corrected chi connectivity index (χ3v) is 6.10. The number of benzene rings is 2. The molecular formula is C20H19BrN2O2S. The lowest BCUT2D eigenvalue weighted by Gasteiger charge is -2.20. The Morgan fingerprint density at radius 2 is 1.77 bits per heavy atom. The lowest BCUT2D eigenvalue weighted by Crippen LogP contribution is -2.30. The topological polar surface area (TPSA) is 59.1 Å². The van der Waals surface area contributed by atoms with Gasteiger partial charge in [-0.1, -0.05) is 59.3 Å². The third-order valence-electron chi connectivity index (χ3n) is 4.08. The summed E-state index contributed by atoms with van der Waals surface area (Å²) in [5, 5.41) is 0. The average molecular weight is 431 g/mol. The summed E-state index contributed by atoms with van der Waals surface area (Å²) < 4.78 is 29.9. The highest BCUT2D eigenvalue weighted by Gasteiger charge is 2.25. The highest BCUT2D eigenvalue weighted by molar-refractivity contribution is 9.10. The molecule has 0 bridgehead atoms. The maximum absolute atomic E-state index is 13.1. The number of halogens is 1. The van der Waals surface area contributed by atoms with Crippen molar-refractivity contribution in [1.82, 2.24) is 9.71 Å². The van der Waals surface area contributed by atoms with Crippen LogP contribution in [-0.2, 0) is 16.4 Å². The molecule has 0 fully saturated rings. The Hall–Kier alpha value is -2.02. The zero-order valence-corrected chi connectivity index (χ0v) is 16.7. The molecule has 0 radical (unpaired) electrons. The molecule has 0 aliphatic carbocycles. The highest BCUT2D eigenvalue weighted by atomic mass is 79.9. The molecule has 1 heterocycles. The van der Waals surface area contributed by atoms with Crippen molar-refractivity contribution in [1.29, 1.82) is 0 Å². The Balaban J connectivity index is 2.04. The van der Waals surface area contributed by atoms with E-state index in [0.717, 1.165) is 15.6 Å². The van der Waals surface area contributed by atoms with Crippen LogP contribution in [0.5, 0.6) is 0 Å². The number of aryl methyl sites for hydroxylation is 1. The second kappa shape index (κ2) is 8.12. The normalized spacial score (nSPS) is 12.7. The second-order valence-electron chi connectivity index (χ2n) is 5.83. The van der Waals surface area contributed by atoms with Crippen LogP contribution in [0.15, 0.2) is 82.3 Å². The van der Waals surface area contributed by atoms with Gasteiger partial charge in [0.25, 0.3) is 0 Å². The van der Waals surface area contributed by atoms with Gasteiger partial charge in [-0.3, -0.25) is 4.98 Å². The SMILES string of the molecule is CCc1cc(Br)ccc1S(=O)(=O)NC(c1ccccc1)c1ccccn1. The van der Waals surface area contributed by atoms with E-state index >= 15 is 0 Å². The van der Waals surface area contributed by atoms with Gasteiger partial charge in [0.1, 0.15) is 0 Å². The summed E-state index contributed by atoms with van der Waals surface area (Å²) in [7, 11) is -3.73. The number of rotatable bonds is 6. The minimum atomic E-state index is -3.73. The van der Waals surface area contributed by atoms with E-state index in [9.17, 15) is 8.42 Å². The van der Waals surface area contributed by atoms with Crippen LogP contribution in [0, 0.1) is 0 Å². The summed E-state index contributed by atoms with van der Waals surface area (Å²) in [6, 6.07) is 19.6. The molecule has 0 saturated carbocycles. The van der Waals surface area contributed by atoms with Gasteiger partial charge in [-0.2, -0.15) is 4.72 Å². The van der Waals surface area contributed by atoms with Crippen LogP contribution in [0.25, 0.3) is 0 Å². The van der Waals surface area contributed by atoms with Crippen molar-refractivity contribution in [3.63, 3.8) is 0 Å². The number of pyridine rings is 1. The minimum absolute atomic E-state index is 0.292. The molecule has 0 amide bonds. The molecule has 1 N–H and O–H groups in total. The molecule has 0 spiro atoms. The van der Waals surface area contributed by atoms with Crippen molar-refractivity contribution in [3.8, 4) is 0 Å². The Kier molecular flexibility index (Phi) is 5.86.